The van der Waals surface area contributed by atoms with Gasteiger partial charge in [0, 0.05) is 5.56 Å². The molecule has 0 saturated carbocycles. The predicted molar refractivity (Wildman–Crippen MR) is 79.1 cm³/mol. The summed E-state index contributed by atoms with van der Waals surface area (Å²) >= 11 is 11.9. The molecule has 0 radical (unpaired) electrons. The molecular weight excluding hydrogens is 301 g/mol. The minimum atomic E-state index is -0.341. The fourth-order valence-corrected chi connectivity index (χ4v) is 2.17. The minimum Gasteiger partial charge on any atom is -0.504 e. The molecule has 0 fully saturated rings. The molecule has 0 unspecified atom stereocenters. The summed E-state index contributed by atoms with van der Waals surface area (Å²) in [4.78, 5) is 12.0. The molecule has 0 aromatic heterocycles. The molecule has 0 atom stereocenters. The summed E-state index contributed by atoms with van der Waals surface area (Å²) in [5.41, 5.74) is 0.753. The molecule has 0 heterocycles. The van der Waals surface area contributed by atoms with Gasteiger partial charge in [0.15, 0.2) is 17.3 Å². The second kappa shape index (κ2) is 6.03. The largest absolute Gasteiger partial charge is 0.504 e. The molecule has 2 rings (SSSR count). The average Bonchev–Trinajstić information content (AvgIpc) is 2.41. The number of halogens is 2. The number of anilines is 1. The fourth-order valence-electron chi connectivity index (χ4n) is 1.63. The molecular formula is C14H11Cl2NO3. The van der Waals surface area contributed by atoms with Gasteiger partial charge in [-0.3, -0.25) is 4.79 Å². The van der Waals surface area contributed by atoms with Gasteiger partial charge in [0.25, 0.3) is 0 Å². The van der Waals surface area contributed by atoms with E-state index < -0.39 is 0 Å². The third kappa shape index (κ3) is 3.15. The Morgan fingerprint density at radius 3 is 2.30 bits per heavy atom. The molecule has 0 amide bonds. The summed E-state index contributed by atoms with van der Waals surface area (Å²) in [5, 5.41) is 22.2. The SMILES string of the molecule is O=C(CNc1c(Cl)cccc1Cl)c1ccc(O)c(O)c1. The molecule has 20 heavy (non-hydrogen) atoms. The molecule has 6 heteroatoms. The highest BCUT2D eigenvalue weighted by Gasteiger charge is 2.11. The Bertz CT molecular complexity index is 639. The van der Waals surface area contributed by atoms with Gasteiger partial charge in [-0.15, -0.1) is 0 Å². The van der Waals surface area contributed by atoms with Crippen molar-refractivity contribution >= 4 is 34.7 Å². The van der Waals surface area contributed by atoms with Crippen molar-refractivity contribution in [3.05, 3.63) is 52.0 Å². The van der Waals surface area contributed by atoms with Crippen molar-refractivity contribution < 1.29 is 15.0 Å². The van der Waals surface area contributed by atoms with Gasteiger partial charge < -0.3 is 15.5 Å². The third-order valence-electron chi connectivity index (χ3n) is 2.69. The number of Topliss-reactive ketones (excluding diaryl/α,β-unsaturated/α-hetero) is 1. The van der Waals surface area contributed by atoms with E-state index in [9.17, 15) is 15.0 Å². The van der Waals surface area contributed by atoms with Crippen LogP contribution in [0.3, 0.4) is 0 Å². The normalized spacial score (nSPS) is 10.3. The van der Waals surface area contributed by atoms with Crippen LogP contribution in [0.4, 0.5) is 5.69 Å². The first-order chi connectivity index (χ1) is 9.49. The Hall–Kier alpha value is -1.91. The molecule has 2 aromatic carbocycles. The first-order valence-electron chi connectivity index (χ1n) is 5.72. The van der Waals surface area contributed by atoms with Crippen LogP contribution in [0.1, 0.15) is 10.4 Å². The third-order valence-corrected chi connectivity index (χ3v) is 3.32. The van der Waals surface area contributed by atoms with Crippen molar-refractivity contribution in [2.24, 2.45) is 0 Å². The van der Waals surface area contributed by atoms with Gasteiger partial charge in [0.05, 0.1) is 22.3 Å². The minimum absolute atomic E-state index is 0.0341. The first-order valence-corrected chi connectivity index (χ1v) is 6.47. The van der Waals surface area contributed by atoms with Crippen LogP contribution < -0.4 is 5.32 Å². The number of hydrogen-bond acceptors (Lipinski definition) is 4. The number of para-hydroxylation sites is 1. The van der Waals surface area contributed by atoms with Gasteiger partial charge in [0.1, 0.15) is 0 Å². The lowest BCUT2D eigenvalue weighted by Crippen LogP contribution is -2.14. The summed E-state index contributed by atoms with van der Waals surface area (Å²) < 4.78 is 0. The Morgan fingerprint density at radius 1 is 1.05 bits per heavy atom. The predicted octanol–water partition coefficient (Wildman–Crippen LogP) is 3.70. The number of carbonyl (C=O) groups is 1. The second-order valence-corrected chi connectivity index (χ2v) is 4.89. The van der Waals surface area contributed by atoms with Crippen LogP contribution in [0.2, 0.25) is 10.0 Å². The van der Waals surface area contributed by atoms with E-state index in [2.05, 4.69) is 5.32 Å². The highest BCUT2D eigenvalue weighted by atomic mass is 35.5. The van der Waals surface area contributed by atoms with Gasteiger partial charge in [-0.05, 0) is 30.3 Å². The van der Waals surface area contributed by atoms with Gasteiger partial charge in [-0.2, -0.15) is 0 Å². The van der Waals surface area contributed by atoms with Crippen molar-refractivity contribution in [2.75, 3.05) is 11.9 Å². The molecule has 2 aromatic rings. The van der Waals surface area contributed by atoms with E-state index >= 15 is 0 Å². The van der Waals surface area contributed by atoms with Crippen LogP contribution in [0.15, 0.2) is 36.4 Å². The number of hydrogen-bond donors (Lipinski definition) is 3. The Kier molecular flexibility index (Phi) is 4.37. The summed E-state index contributed by atoms with van der Waals surface area (Å²) in [6.07, 6.45) is 0. The highest BCUT2D eigenvalue weighted by Crippen LogP contribution is 2.30. The molecule has 0 saturated heterocycles. The monoisotopic (exact) mass is 311 g/mol. The number of phenolic OH excluding ortho intramolecular Hbond substituents is 2. The number of benzene rings is 2. The van der Waals surface area contributed by atoms with Crippen molar-refractivity contribution in [3.63, 3.8) is 0 Å². The van der Waals surface area contributed by atoms with E-state index in [4.69, 9.17) is 23.2 Å². The Labute approximate surface area is 125 Å². The number of ketones is 1. The van der Waals surface area contributed by atoms with E-state index in [0.717, 1.165) is 0 Å². The summed E-state index contributed by atoms with van der Waals surface area (Å²) in [6.45, 7) is -0.0341. The fraction of sp³-hybridized carbons (Fsp3) is 0.0714. The molecule has 4 nitrogen and oxygen atoms in total. The summed E-state index contributed by atoms with van der Waals surface area (Å²) in [6, 6.07) is 8.90. The molecule has 0 bridgehead atoms. The maximum Gasteiger partial charge on any atom is 0.181 e. The zero-order valence-electron chi connectivity index (χ0n) is 10.2. The number of carbonyl (C=O) groups excluding carboxylic acids is 1. The molecule has 0 spiro atoms. The van der Waals surface area contributed by atoms with Crippen LogP contribution in [-0.2, 0) is 0 Å². The van der Waals surface area contributed by atoms with Crippen LogP contribution >= 0.6 is 23.2 Å². The van der Waals surface area contributed by atoms with Crippen molar-refractivity contribution in [1.82, 2.24) is 0 Å². The van der Waals surface area contributed by atoms with E-state index in [1.165, 1.54) is 18.2 Å². The van der Waals surface area contributed by atoms with Crippen LogP contribution in [0, 0.1) is 0 Å². The van der Waals surface area contributed by atoms with Crippen molar-refractivity contribution in [2.45, 2.75) is 0 Å². The van der Waals surface area contributed by atoms with Crippen LogP contribution in [-0.4, -0.2) is 22.5 Å². The van der Waals surface area contributed by atoms with E-state index in [1.54, 1.807) is 18.2 Å². The van der Waals surface area contributed by atoms with Crippen LogP contribution in [0.5, 0.6) is 11.5 Å². The van der Waals surface area contributed by atoms with Gasteiger partial charge in [-0.25, -0.2) is 0 Å². The lowest BCUT2D eigenvalue weighted by atomic mass is 10.1. The van der Waals surface area contributed by atoms with Crippen molar-refractivity contribution in [1.29, 1.82) is 0 Å². The number of nitrogens with one attached hydrogen (secondary N) is 1. The maximum atomic E-state index is 12.0. The number of aromatic hydroxyl groups is 2. The van der Waals surface area contributed by atoms with Gasteiger partial charge in [-0.1, -0.05) is 29.3 Å². The average molecular weight is 312 g/mol. The summed E-state index contributed by atoms with van der Waals surface area (Å²) in [7, 11) is 0. The summed E-state index contributed by atoms with van der Waals surface area (Å²) in [5.74, 6) is -0.883. The van der Waals surface area contributed by atoms with E-state index in [-0.39, 0.29) is 29.4 Å². The van der Waals surface area contributed by atoms with E-state index in [1.807, 2.05) is 0 Å². The lowest BCUT2D eigenvalue weighted by molar-refractivity contribution is 0.101. The van der Waals surface area contributed by atoms with E-state index in [0.29, 0.717) is 15.7 Å². The number of phenols is 2. The zero-order valence-corrected chi connectivity index (χ0v) is 11.7. The standard InChI is InChI=1S/C14H11Cl2NO3/c15-9-2-1-3-10(16)14(9)17-7-13(20)8-4-5-11(18)12(19)6-8/h1-6,17-19H,7H2. The molecule has 104 valence electrons. The molecule has 3 N–H and O–H groups in total. The van der Waals surface area contributed by atoms with Gasteiger partial charge in [0.2, 0.25) is 0 Å². The molecule has 0 aliphatic heterocycles. The zero-order chi connectivity index (χ0) is 14.7. The first kappa shape index (κ1) is 14.5. The second-order valence-electron chi connectivity index (χ2n) is 4.08. The van der Waals surface area contributed by atoms with Gasteiger partial charge >= 0.3 is 0 Å². The van der Waals surface area contributed by atoms with Crippen molar-refractivity contribution in [3.8, 4) is 11.5 Å². The highest BCUT2D eigenvalue weighted by molar-refractivity contribution is 6.39. The maximum absolute atomic E-state index is 12.0. The lowest BCUT2D eigenvalue weighted by Gasteiger charge is -2.10. The Balaban J connectivity index is 2.11. The quantitative estimate of drug-likeness (QED) is 0.595. The Morgan fingerprint density at radius 2 is 1.70 bits per heavy atom. The van der Waals surface area contributed by atoms with Crippen LogP contribution in [0.25, 0.3) is 0 Å². The molecule has 0 aliphatic carbocycles. The molecule has 0 aliphatic rings. The topological polar surface area (TPSA) is 69.6 Å². The number of rotatable bonds is 4. The smallest absolute Gasteiger partial charge is 0.181 e.